The average molecular weight is 214 g/mol. The summed E-state index contributed by atoms with van der Waals surface area (Å²) in [4.78, 5) is 0. The number of para-hydroxylation sites is 1. The molecule has 1 saturated carbocycles. The maximum atomic E-state index is 5.70. The zero-order valence-electron chi connectivity index (χ0n) is 9.52. The molecule has 0 radical (unpaired) electrons. The van der Waals surface area contributed by atoms with Gasteiger partial charge in [0, 0.05) is 17.3 Å². The first-order chi connectivity index (χ1) is 7.90. The van der Waals surface area contributed by atoms with Gasteiger partial charge in [-0.2, -0.15) is 0 Å². The minimum absolute atomic E-state index is 0.724. The lowest BCUT2D eigenvalue weighted by atomic mass is 9.92. The predicted molar refractivity (Wildman–Crippen MR) is 67.6 cm³/mol. The minimum Gasteiger partial charge on any atom is -0.341 e. The van der Waals surface area contributed by atoms with Gasteiger partial charge in [0.05, 0.1) is 0 Å². The molecule has 0 spiro atoms. The predicted octanol–water partition coefficient (Wildman–Crippen LogP) is 2.87. The summed E-state index contributed by atoms with van der Waals surface area (Å²) in [6, 6.07) is 11.7. The van der Waals surface area contributed by atoms with Crippen molar-refractivity contribution >= 4 is 10.9 Å². The summed E-state index contributed by atoms with van der Waals surface area (Å²) in [7, 11) is 0. The van der Waals surface area contributed by atoms with Crippen LogP contribution in [0.15, 0.2) is 30.3 Å². The second kappa shape index (κ2) is 3.95. The number of benzene rings is 1. The maximum absolute atomic E-state index is 5.70. The highest BCUT2D eigenvalue weighted by molar-refractivity contribution is 5.81. The number of nitrogens with zero attached hydrogens (tertiary/aromatic N) is 1. The molecule has 1 aliphatic rings. The minimum atomic E-state index is 0.724. The van der Waals surface area contributed by atoms with E-state index in [1.165, 1.54) is 35.9 Å². The molecule has 1 aromatic heterocycles. The molecular weight excluding hydrogens is 196 g/mol. The molecule has 0 saturated heterocycles. The first kappa shape index (κ1) is 9.91. The van der Waals surface area contributed by atoms with E-state index in [0.29, 0.717) is 0 Å². The Kier molecular flexibility index (Phi) is 2.44. The molecule has 1 fully saturated rings. The van der Waals surface area contributed by atoms with Crippen LogP contribution in [-0.2, 0) is 6.42 Å². The van der Waals surface area contributed by atoms with Gasteiger partial charge >= 0.3 is 0 Å². The summed E-state index contributed by atoms with van der Waals surface area (Å²) < 4.78 is 2.52. The van der Waals surface area contributed by atoms with Crippen LogP contribution in [0.1, 0.15) is 31.0 Å². The molecule has 0 aliphatic heterocycles. The van der Waals surface area contributed by atoms with Crippen LogP contribution in [0.2, 0.25) is 0 Å². The molecule has 0 amide bonds. The Morgan fingerprint density at radius 3 is 2.75 bits per heavy atom. The van der Waals surface area contributed by atoms with Crippen molar-refractivity contribution in [3.8, 4) is 0 Å². The molecule has 2 nitrogen and oxygen atoms in total. The molecule has 0 unspecified atom stereocenters. The van der Waals surface area contributed by atoms with E-state index < -0.39 is 0 Å². The molecule has 84 valence electrons. The third kappa shape index (κ3) is 1.45. The topological polar surface area (TPSA) is 30.9 Å². The van der Waals surface area contributed by atoms with Crippen molar-refractivity contribution < 1.29 is 0 Å². The van der Waals surface area contributed by atoms with Crippen LogP contribution >= 0.6 is 0 Å². The van der Waals surface area contributed by atoms with Crippen molar-refractivity contribution in [1.29, 1.82) is 0 Å². The molecule has 0 bridgehead atoms. The lowest BCUT2D eigenvalue weighted by Gasteiger charge is -2.30. The first-order valence-electron chi connectivity index (χ1n) is 6.19. The van der Waals surface area contributed by atoms with E-state index in [-0.39, 0.29) is 0 Å². The van der Waals surface area contributed by atoms with Gasteiger partial charge in [-0.15, -0.1) is 0 Å². The number of hydrogen-bond donors (Lipinski definition) is 1. The van der Waals surface area contributed by atoms with E-state index in [4.69, 9.17) is 5.73 Å². The summed E-state index contributed by atoms with van der Waals surface area (Å²) in [6.45, 7) is 0.739. The van der Waals surface area contributed by atoms with Crippen LogP contribution in [0.4, 0.5) is 0 Å². The second-order valence-corrected chi connectivity index (χ2v) is 4.69. The fourth-order valence-electron chi connectivity index (χ4n) is 2.65. The summed E-state index contributed by atoms with van der Waals surface area (Å²) in [5.41, 5.74) is 8.49. The average Bonchev–Trinajstić information content (AvgIpc) is 2.56. The Labute approximate surface area is 96.1 Å². The Bertz CT molecular complexity index is 494. The molecule has 1 heterocycles. The Morgan fingerprint density at radius 2 is 2.06 bits per heavy atom. The fraction of sp³-hybridized carbons (Fsp3) is 0.429. The van der Waals surface area contributed by atoms with Crippen LogP contribution in [0, 0.1) is 0 Å². The number of nitrogens with two attached hydrogens (primary N) is 1. The maximum Gasteiger partial charge on any atom is 0.0485 e. The van der Waals surface area contributed by atoms with Crippen molar-refractivity contribution in [3.05, 3.63) is 36.0 Å². The van der Waals surface area contributed by atoms with Gasteiger partial charge in [0.15, 0.2) is 0 Å². The Balaban J connectivity index is 2.14. The van der Waals surface area contributed by atoms with Gasteiger partial charge in [0.2, 0.25) is 0 Å². The zero-order chi connectivity index (χ0) is 11.0. The lowest BCUT2D eigenvalue weighted by Crippen LogP contribution is -2.20. The van der Waals surface area contributed by atoms with Gasteiger partial charge in [-0.1, -0.05) is 18.2 Å². The van der Waals surface area contributed by atoms with E-state index in [0.717, 1.165) is 19.0 Å². The summed E-state index contributed by atoms with van der Waals surface area (Å²) in [5, 5.41) is 1.36. The van der Waals surface area contributed by atoms with E-state index in [9.17, 15) is 0 Å². The third-order valence-corrected chi connectivity index (χ3v) is 3.67. The smallest absolute Gasteiger partial charge is 0.0485 e. The third-order valence-electron chi connectivity index (χ3n) is 3.67. The number of hydrogen-bond acceptors (Lipinski definition) is 1. The largest absolute Gasteiger partial charge is 0.341 e. The second-order valence-electron chi connectivity index (χ2n) is 4.69. The normalized spacial score (nSPS) is 16.6. The van der Waals surface area contributed by atoms with Crippen molar-refractivity contribution in [2.75, 3.05) is 6.54 Å². The summed E-state index contributed by atoms with van der Waals surface area (Å²) in [6.07, 6.45) is 5.02. The van der Waals surface area contributed by atoms with Crippen molar-refractivity contribution in [1.82, 2.24) is 4.57 Å². The van der Waals surface area contributed by atoms with Crippen molar-refractivity contribution in [2.45, 2.75) is 31.7 Å². The number of fused-ring (bicyclic) bond motifs is 1. The van der Waals surface area contributed by atoms with Gasteiger partial charge in [0.25, 0.3) is 0 Å². The van der Waals surface area contributed by atoms with Crippen LogP contribution in [0.3, 0.4) is 0 Å². The first-order valence-corrected chi connectivity index (χ1v) is 6.19. The molecule has 16 heavy (non-hydrogen) atoms. The van der Waals surface area contributed by atoms with E-state index >= 15 is 0 Å². The zero-order valence-corrected chi connectivity index (χ0v) is 9.52. The Morgan fingerprint density at radius 1 is 1.25 bits per heavy atom. The quantitative estimate of drug-likeness (QED) is 0.836. The Hall–Kier alpha value is -1.28. The van der Waals surface area contributed by atoms with Gasteiger partial charge in [-0.3, -0.25) is 0 Å². The van der Waals surface area contributed by atoms with Crippen LogP contribution < -0.4 is 5.73 Å². The standard InChI is InChI=1S/C14H18N2/c15-9-8-13-10-11-4-1-2-7-14(11)16(13)12-5-3-6-12/h1-2,4,7,10,12H,3,5-6,8-9,15H2. The molecule has 2 aromatic rings. The van der Waals surface area contributed by atoms with Crippen LogP contribution in [-0.4, -0.2) is 11.1 Å². The van der Waals surface area contributed by atoms with E-state index in [1.807, 2.05) is 0 Å². The van der Waals surface area contributed by atoms with Crippen LogP contribution in [0.5, 0.6) is 0 Å². The van der Waals surface area contributed by atoms with Crippen molar-refractivity contribution in [3.63, 3.8) is 0 Å². The summed E-state index contributed by atoms with van der Waals surface area (Å²) in [5.74, 6) is 0. The van der Waals surface area contributed by atoms with E-state index in [2.05, 4.69) is 34.9 Å². The van der Waals surface area contributed by atoms with Gasteiger partial charge in [0.1, 0.15) is 0 Å². The highest BCUT2D eigenvalue weighted by Gasteiger charge is 2.22. The lowest BCUT2D eigenvalue weighted by molar-refractivity contribution is 0.315. The molecule has 2 heteroatoms. The summed E-state index contributed by atoms with van der Waals surface area (Å²) >= 11 is 0. The molecule has 0 atom stereocenters. The number of rotatable bonds is 3. The van der Waals surface area contributed by atoms with E-state index in [1.54, 1.807) is 0 Å². The van der Waals surface area contributed by atoms with Gasteiger partial charge in [-0.25, -0.2) is 0 Å². The highest BCUT2D eigenvalue weighted by atomic mass is 15.0. The number of aromatic nitrogens is 1. The van der Waals surface area contributed by atoms with Gasteiger partial charge < -0.3 is 10.3 Å². The monoisotopic (exact) mass is 214 g/mol. The fourth-order valence-corrected chi connectivity index (χ4v) is 2.65. The molecule has 2 N–H and O–H groups in total. The SMILES string of the molecule is NCCc1cc2ccccc2n1C1CCC1. The van der Waals surface area contributed by atoms with Crippen LogP contribution in [0.25, 0.3) is 10.9 Å². The highest BCUT2D eigenvalue weighted by Crippen LogP contribution is 2.36. The molecule has 1 aromatic carbocycles. The molecular formula is C14H18N2. The molecule has 1 aliphatic carbocycles. The molecule has 3 rings (SSSR count). The van der Waals surface area contributed by atoms with Crippen molar-refractivity contribution in [2.24, 2.45) is 5.73 Å². The van der Waals surface area contributed by atoms with Gasteiger partial charge in [-0.05, 0) is 49.7 Å².